The molecular formula is C15H19N5S. The molecule has 0 aliphatic heterocycles. The Morgan fingerprint density at radius 1 is 1.19 bits per heavy atom. The summed E-state index contributed by atoms with van der Waals surface area (Å²) in [5.74, 6) is 0.643. The third kappa shape index (κ3) is 3.85. The molecule has 1 aliphatic carbocycles. The summed E-state index contributed by atoms with van der Waals surface area (Å²) in [6.07, 6.45) is 9.81. The minimum atomic E-state index is 0.486. The van der Waals surface area contributed by atoms with Crippen molar-refractivity contribution < 1.29 is 0 Å². The van der Waals surface area contributed by atoms with Gasteiger partial charge in [0.1, 0.15) is 6.33 Å². The van der Waals surface area contributed by atoms with Crippen molar-refractivity contribution >= 4 is 18.2 Å². The van der Waals surface area contributed by atoms with Gasteiger partial charge in [0.2, 0.25) is 10.7 Å². The van der Waals surface area contributed by atoms with Crippen molar-refractivity contribution in [3.8, 4) is 0 Å². The normalized spacial score (nSPS) is 15.8. The lowest BCUT2D eigenvalue weighted by atomic mass is 9.96. The molecule has 2 heterocycles. The average molecular weight is 301 g/mol. The third-order valence-electron chi connectivity index (χ3n) is 3.76. The van der Waals surface area contributed by atoms with Crippen LogP contribution >= 0.6 is 12.2 Å². The van der Waals surface area contributed by atoms with Crippen LogP contribution in [-0.4, -0.2) is 25.6 Å². The highest BCUT2D eigenvalue weighted by molar-refractivity contribution is 7.71. The van der Waals surface area contributed by atoms with Crippen molar-refractivity contribution in [3.05, 3.63) is 41.2 Å². The van der Waals surface area contributed by atoms with Gasteiger partial charge in [-0.05, 0) is 37.2 Å². The Bertz CT molecular complexity index is 634. The van der Waals surface area contributed by atoms with E-state index >= 15 is 0 Å². The lowest BCUT2D eigenvalue weighted by Crippen LogP contribution is -2.24. The fourth-order valence-corrected chi connectivity index (χ4v) is 2.83. The molecule has 1 saturated carbocycles. The molecule has 6 heteroatoms. The van der Waals surface area contributed by atoms with Crippen LogP contribution < -0.4 is 5.32 Å². The molecular weight excluding hydrogens is 282 g/mol. The van der Waals surface area contributed by atoms with Crippen LogP contribution in [0.5, 0.6) is 0 Å². The average Bonchev–Trinajstić information content (AvgIpc) is 2.52. The van der Waals surface area contributed by atoms with Gasteiger partial charge in [0.25, 0.3) is 0 Å². The second-order valence-corrected chi connectivity index (χ2v) is 5.76. The first kappa shape index (κ1) is 14.1. The number of nitrogens with zero attached hydrogens (tertiary/aromatic N) is 4. The summed E-state index contributed by atoms with van der Waals surface area (Å²) in [6, 6.07) is 6.32. The second-order valence-electron chi connectivity index (χ2n) is 5.39. The van der Waals surface area contributed by atoms with E-state index in [0.717, 1.165) is 5.69 Å². The van der Waals surface area contributed by atoms with Gasteiger partial charge >= 0.3 is 0 Å². The maximum atomic E-state index is 5.35. The number of hydrogen-bond donors (Lipinski definition) is 1. The predicted octanol–water partition coefficient (Wildman–Crippen LogP) is 3.20. The predicted molar refractivity (Wildman–Crippen MR) is 84.7 cm³/mol. The zero-order valence-corrected chi connectivity index (χ0v) is 12.7. The van der Waals surface area contributed by atoms with Gasteiger partial charge in [-0.2, -0.15) is 4.98 Å². The van der Waals surface area contributed by atoms with Gasteiger partial charge in [-0.15, -0.1) is 0 Å². The molecule has 1 fully saturated rings. The highest BCUT2D eigenvalue weighted by Crippen LogP contribution is 2.19. The standard InChI is InChI=1S/C15H19N5S/c21-15-19-14(18-12-6-2-1-3-7-12)17-11-20(15)10-13-8-4-5-9-16-13/h4-5,8-9,11-12H,1-3,6-7,10H2,(H,18,19,21). The quantitative estimate of drug-likeness (QED) is 0.879. The monoisotopic (exact) mass is 301 g/mol. The number of hydrogen-bond acceptors (Lipinski definition) is 5. The SMILES string of the molecule is S=c1nc(NC2CCCCC2)ncn1Cc1ccccn1. The van der Waals surface area contributed by atoms with Gasteiger partial charge in [-0.1, -0.05) is 25.3 Å². The molecule has 0 unspecified atom stereocenters. The molecule has 1 N–H and O–H groups in total. The van der Waals surface area contributed by atoms with Gasteiger partial charge in [0, 0.05) is 12.2 Å². The number of rotatable bonds is 4. The van der Waals surface area contributed by atoms with Crippen molar-refractivity contribution in [2.24, 2.45) is 0 Å². The van der Waals surface area contributed by atoms with Crippen LogP contribution in [0.3, 0.4) is 0 Å². The van der Waals surface area contributed by atoms with E-state index < -0.39 is 0 Å². The van der Waals surface area contributed by atoms with Crippen LogP contribution in [0.4, 0.5) is 5.95 Å². The molecule has 0 saturated heterocycles. The lowest BCUT2D eigenvalue weighted by molar-refractivity contribution is 0.460. The van der Waals surface area contributed by atoms with Crippen molar-refractivity contribution in [2.45, 2.75) is 44.7 Å². The van der Waals surface area contributed by atoms with Crippen molar-refractivity contribution in [3.63, 3.8) is 0 Å². The van der Waals surface area contributed by atoms with Crippen LogP contribution in [0.15, 0.2) is 30.7 Å². The number of anilines is 1. The summed E-state index contributed by atoms with van der Waals surface area (Å²) in [6.45, 7) is 0.601. The van der Waals surface area contributed by atoms with Crippen molar-refractivity contribution in [1.82, 2.24) is 19.5 Å². The van der Waals surface area contributed by atoms with Crippen molar-refractivity contribution in [2.75, 3.05) is 5.32 Å². The van der Waals surface area contributed by atoms with Crippen LogP contribution in [0.25, 0.3) is 0 Å². The zero-order chi connectivity index (χ0) is 14.5. The summed E-state index contributed by atoms with van der Waals surface area (Å²) in [4.78, 5) is 13.1. The smallest absolute Gasteiger partial charge is 0.227 e. The van der Waals surface area contributed by atoms with E-state index in [-0.39, 0.29) is 0 Å². The molecule has 1 aliphatic rings. The number of nitrogens with one attached hydrogen (secondary N) is 1. The summed E-state index contributed by atoms with van der Waals surface area (Å²) in [7, 11) is 0. The first-order valence-electron chi connectivity index (χ1n) is 7.41. The van der Waals surface area contributed by atoms with E-state index in [4.69, 9.17) is 12.2 Å². The summed E-state index contributed by atoms with van der Waals surface area (Å²) in [5, 5.41) is 3.39. The fourth-order valence-electron chi connectivity index (χ4n) is 2.63. The van der Waals surface area contributed by atoms with Crippen LogP contribution in [0.1, 0.15) is 37.8 Å². The number of aromatic nitrogens is 4. The third-order valence-corrected chi connectivity index (χ3v) is 4.09. The number of pyridine rings is 1. The Kier molecular flexibility index (Phi) is 4.55. The Morgan fingerprint density at radius 2 is 2.05 bits per heavy atom. The Morgan fingerprint density at radius 3 is 2.76 bits per heavy atom. The van der Waals surface area contributed by atoms with Crippen LogP contribution in [0.2, 0.25) is 0 Å². The van der Waals surface area contributed by atoms with Gasteiger partial charge in [0.15, 0.2) is 0 Å². The van der Waals surface area contributed by atoms with Gasteiger partial charge in [0.05, 0.1) is 12.2 Å². The second kappa shape index (κ2) is 6.76. The zero-order valence-electron chi connectivity index (χ0n) is 11.9. The van der Waals surface area contributed by atoms with E-state index in [2.05, 4.69) is 20.3 Å². The molecule has 5 nitrogen and oxygen atoms in total. The largest absolute Gasteiger partial charge is 0.351 e. The summed E-state index contributed by atoms with van der Waals surface area (Å²) < 4.78 is 2.37. The van der Waals surface area contributed by atoms with E-state index in [9.17, 15) is 0 Å². The first-order valence-corrected chi connectivity index (χ1v) is 7.82. The van der Waals surface area contributed by atoms with Gasteiger partial charge in [-0.25, -0.2) is 4.98 Å². The summed E-state index contributed by atoms with van der Waals surface area (Å²) >= 11 is 5.35. The summed E-state index contributed by atoms with van der Waals surface area (Å²) in [5.41, 5.74) is 0.949. The Balaban J connectivity index is 1.69. The Labute approximate surface area is 129 Å². The van der Waals surface area contributed by atoms with Crippen LogP contribution in [-0.2, 0) is 6.54 Å². The van der Waals surface area contributed by atoms with E-state index in [1.165, 1.54) is 32.1 Å². The topological polar surface area (TPSA) is 55.6 Å². The molecule has 2 aromatic rings. The maximum Gasteiger partial charge on any atom is 0.227 e. The van der Waals surface area contributed by atoms with E-state index in [0.29, 0.717) is 23.3 Å². The highest BCUT2D eigenvalue weighted by Gasteiger charge is 2.14. The minimum absolute atomic E-state index is 0.486. The van der Waals surface area contributed by atoms with E-state index in [1.54, 1.807) is 12.5 Å². The Hall–Kier alpha value is -1.82. The molecule has 0 atom stereocenters. The molecule has 0 spiro atoms. The lowest BCUT2D eigenvalue weighted by Gasteiger charge is -2.22. The molecule has 0 amide bonds. The van der Waals surface area contributed by atoms with Gasteiger partial charge < -0.3 is 9.88 Å². The molecule has 21 heavy (non-hydrogen) atoms. The molecule has 3 rings (SSSR count). The van der Waals surface area contributed by atoms with E-state index in [1.807, 2.05) is 22.8 Å². The van der Waals surface area contributed by atoms with Gasteiger partial charge in [-0.3, -0.25) is 4.98 Å². The molecule has 0 bridgehead atoms. The fraction of sp³-hybridized carbons (Fsp3) is 0.467. The minimum Gasteiger partial charge on any atom is -0.351 e. The molecule has 2 aromatic heterocycles. The molecule has 110 valence electrons. The molecule has 0 aromatic carbocycles. The maximum absolute atomic E-state index is 5.35. The van der Waals surface area contributed by atoms with Crippen LogP contribution in [0, 0.1) is 4.77 Å². The highest BCUT2D eigenvalue weighted by atomic mass is 32.1. The molecule has 0 radical (unpaired) electrons. The van der Waals surface area contributed by atoms with Crippen molar-refractivity contribution in [1.29, 1.82) is 0 Å². The first-order chi connectivity index (χ1) is 10.3.